The standard InChI is InChI=1S/C22H23N3O4S/c1-3-25-20(27)18(14-19(26)23-16-8-6-5-7-9-16)30-22(25)24-17-12-10-15(11-13-17)21(28)29-4-2/h5-13,18H,3-4,14H2,1-2H3,(H,23,26). The summed E-state index contributed by atoms with van der Waals surface area (Å²) in [5.41, 5.74) is 1.76. The minimum absolute atomic E-state index is 0.0652. The molecule has 3 rings (SSSR count). The molecule has 1 fully saturated rings. The number of amides is 2. The molecule has 1 aliphatic heterocycles. The summed E-state index contributed by atoms with van der Waals surface area (Å²) in [6, 6.07) is 15.8. The van der Waals surface area contributed by atoms with Gasteiger partial charge in [-0.25, -0.2) is 9.79 Å². The smallest absolute Gasteiger partial charge is 0.338 e. The molecule has 1 atom stereocenters. The van der Waals surface area contributed by atoms with Gasteiger partial charge in [0.05, 0.1) is 17.9 Å². The highest BCUT2D eigenvalue weighted by Gasteiger charge is 2.38. The van der Waals surface area contributed by atoms with Crippen molar-refractivity contribution >= 4 is 46.1 Å². The number of rotatable bonds is 7. The number of amidine groups is 1. The number of thioether (sulfide) groups is 1. The predicted octanol–water partition coefficient (Wildman–Crippen LogP) is 3.84. The lowest BCUT2D eigenvalue weighted by Gasteiger charge is -2.13. The molecule has 2 aromatic rings. The minimum Gasteiger partial charge on any atom is -0.462 e. The van der Waals surface area contributed by atoms with Crippen LogP contribution in [0, 0.1) is 0 Å². The Morgan fingerprint density at radius 1 is 1.10 bits per heavy atom. The van der Waals surface area contributed by atoms with Crippen molar-refractivity contribution in [3.63, 3.8) is 0 Å². The number of carbonyl (C=O) groups is 3. The molecule has 0 spiro atoms. The molecular formula is C22H23N3O4S. The molecule has 1 N–H and O–H groups in total. The van der Waals surface area contributed by atoms with Crippen molar-refractivity contribution in [1.29, 1.82) is 0 Å². The number of hydrogen-bond donors (Lipinski definition) is 1. The first-order valence-corrected chi connectivity index (χ1v) is 10.6. The van der Waals surface area contributed by atoms with Crippen molar-refractivity contribution in [3.05, 3.63) is 60.2 Å². The number of para-hydroxylation sites is 1. The fourth-order valence-electron chi connectivity index (χ4n) is 2.91. The number of nitrogens with zero attached hydrogens (tertiary/aromatic N) is 2. The van der Waals surface area contributed by atoms with Gasteiger partial charge in [-0.15, -0.1) is 0 Å². The van der Waals surface area contributed by atoms with Crippen molar-refractivity contribution in [3.8, 4) is 0 Å². The van der Waals surface area contributed by atoms with E-state index in [9.17, 15) is 14.4 Å². The van der Waals surface area contributed by atoms with Crippen LogP contribution in [0.4, 0.5) is 11.4 Å². The lowest BCUT2D eigenvalue weighted by molar-refractivity contribution is -0.128. The lowest BCUT2D eigenvalue weighted by Crippen LogP contribution is -2.33. The van der Waals surface area contributed by atoms with Gasteiger partial charge < -0.3 is 10.1 Å². The number of benzene rings is 2. The van der Waals surface area contributed by atoms with Crippen LogP contribution < -0.4 is 5.32 Å². The number of nitrogens with one attached hydrogen (secondary N) is 1. The van der Waals surface area contributed by atoms with E-state index in [2.05, 4.69) is 10.3 Å². The van der Waals surface area contributed by atoms with Gasteiger partial charge in [-0.3, -0.25) is 14.5 Å². The fraction of sp³-hybridized carbons (Fsp3) is 0.273. The van der Waals surface area contributed by atoms with E-state index in [4.69, 9.17) is 4.74 Å². The van der Waals surface area contributed by atoms with E-state index < -0.39 is 5.25 Å². The lowest BCUT2D eigenvalue weighted by atomic mass is 10.2. The quantitative estimate of drug-likeness (QED) is 0.681. The molecule has 1 heterocycles. The fourth-order valence-corrected chi connectivity index (χ4v) is 4.14. The first-order valence-electron chi connectivity index (χ1n) is 9.70. The number of carbonyl (C=O) groups excluding carboxylic acids is 3. The molecule has 0 bridgehead atoms. The van der Waals surface area contributed by atoms with Crippen LogP contribution in [0.15, 0.2) is 59.6 Å². The van der Waals surface area contributed by atoms with Crippen LogP contribution in [0.2, 0.25) is 0 Å². The maximum absolute atomic E-state index is 12.7. The Kier molecular flexibility index (Phi) is 7.24. The Balaban J connectivity index is 1.69. The zero-order chi connectivity index (χ0) is 21.5. The molecular weight excluding hydrogens is 402 g/mol. The second-order valence-electron chi connectivity index (χ2n) is 6.47. The number of aliphatic imine (C=N–C) groups is 1. The number of anilines is 1. The van der Waals surface area contributed by atoms with Gasteiger partial charge in [0.2, 0.25) is 11.8 Å². The van der Waals surface area contributed by atoms with Crippen LogP contribution in [0.25, 0.3) is 0 Å². The minimum atomic E-state index is -0.522. The zero-order valence-corrected chi connectivity index (χ0v) is 17.6. The molecule has 2 aromatic carbocycles. The highest BCUT2D eigenvalue weighted by atomic mass is 32.2. The number of esters is 1. The second-order valence-corrected chi connectivity index (χ2v) is 7.64. The van der Waals surface area contributed by atoms with Gasteiger partial charge >= 0.3 is 5.97 Å². The zero-order valence-electron chi connectivity index (χ0n) is 16.8. The largest absolute Gasteiger partial charge is 0.462 e. The predicted molar refractivity (Wildman–Crippen MR) is 118 cm³/mol. The summed E-state index contributed by atoms with van der Waals surface area (Å²) in [6.07, 6.45) is 0.0652. The van der Waals surface area contributed by atoms with Crippen LogP contribution in [0.1, 0.15) is 30.6 Å². The molecule has 1 saturated heterocycles. The third kappa shape index (κ3) is 5.27. The van der Waals surface area contributed by atoms with E-state index >= 15 is 0 Å². The number of ether oxygens (including phenoxy) is 1. The first-order chi connectivity index (χ1) is 14.5. The molecule has 30 heavy (non-hydrogen) atoms. The monoisotopic (exact) mass is 425 g/mol. The van der Waals surface area contributed by atoms with Gasteiger partial charge in [0, 0.05) is 18.7 Å². The molecule has 0 aliphatic carbocycles. The van der Waals surface area contributed by atoms with E-state index in [1.165, 1.54) is 11.8 Å². The molecule has 8 heteroatoms. The van der Waals surface area contributed by atoms with Gasteiger partial charge in [-0.1, -0.05) is 30.0 Å². The second kappa shape index (κ2) is 10.1. The summed E-state index contributed by atoms with van der Waals surface area (Å²) in [7, 11) is 0. The van der Waals surface area contributed by atoms with Gasteiger partial charge in [0.15, 0.2) is 5.17 Å². The van der Waals surface area contributed by atoms with Crippen LogP contribution in [-0.2, 0) is 14.3 Å². The normalized spacial score (nSPS) is 17.3. The average molecular weight is 426 g/mol. The highest BCUT2D eigenvalue weighted by molar-refractivity contribution is 8.15. The van der Waals surface area contributed by atoms with Crippen LogP contribution >= 0.6 is 11.8 Å². The van der Waals surface area contributed by atoms with E-state index in [1.807, 2.05) is 25.1 Å². The highest BCUT2D eigenvalue weighted by Crippen LogP contribution is 2.31. The molecule has 0 radical (unpaired) electrons. The SMILES string of the molecule is CCOC(=O)c1ccc(N=C2SC(CC(=O)Nc3ccccc3)C(=O)N2CC)cc1. The van der Waals surface area contributed by atoms with Crippen LogP contribution in [0.5, 0.6) is 0 Å². The summed E-state index contributed by atoms with van der Waals surface area (Å²) in [6.45, 7) is 4.39. The summed E-state index contributed by atoms with van der Waals surface area (Å²) in [5, 5.41) is 2.83. The molecule has 1 unspecified atom stereocenters. The molecule has 2 amide bonds. The van der Waals surface area contributed by atoms with Gasteiger partial charge in [-0.05, 0) is 50.2 Å². The van der Waals surface area contributed by atoms with Gasteiger partial charge in [0.1, 0.15) is 5.25 Å². The van der Waals surface area contributed by atoms with Crippen molar-refractivity contribution in [2.75, 3.05) is 18.5 Å². The van der Waals surface area contributed by atoms with Crippen molar-refractivity contribution in [1.82, 2.24) is 4.90 Å². The van der Waals surface area contributed by atoms with E-state index in [0.717, 1.165) is 0 Å². The Morgan fingerprint density at radius 3 is 2.43 bits per heavy atom. The van der Waals surface area contributed by atoms with E-state index in [1.54, 1.807) is 48.2 Å². The summed E-state index contributed by atoms with van der Waals surface area (Å²) in [4.78, 5) is 43.0. The van der Waals surface area contributed by atoms with Gasteiger partial charge in [0.25, 0.3) is 0 Å². The van der Waals surface area contributed by atoms with E-state index in [0.29, 0.717) is 35.3 Å². The molecule has 7 nitrogen and oxygen atoms in total. The van der Waals surface area contributed by atoms with Crippen LogP contribution in [0.3, 0.4) is 0 Å². The van der Waals surface area contributed by atoms with Gasteiger partial charge in [-0.2, -0.15) is 0 Å². The Bertz CT molecular complexity index is 945. The molecule has 0 aromatic heterocycles. The maximum Gasteiger partial charge on any atom is 0.338 e. The first kappa shape index (κ1) is 21.6. The number of hydrogen-bond acceptors (Lipinski definition) is 6. The maximum atomic E-state index is 12.7. The van der Waals surface area contributed by atoms with Crippen molar-refractivity contribution in [2.24, 2.45) is 4.99 Å². The third-order valence-corrected chi connectivity index (χ3v) is 5.54. The van der Waals surface area contributed by atoms with Crippen LogP contribution in [-0.4, -0.2) is 46.3 Å². The third-order valence-electron chi connectivity index (χ3n) is 4.37. The summed E-state index contributed by atoms with van der Waals surface area (Å²) in [5.74, 6) is -0.738. The summed E-state index contributed by atoms with van der Waals surface area (Å²) >= 11 is 1.28. The Labute approximate surface area is 179 Å². The summed E-state index contributed by atoms with van der Waals surface area (Å²) < 4.78 is 4.97. The average Bonchev–Trinajstić information content (AvgIpc) is 3.03. The Morgan fingerprint density at radius 2 is 1.80 bits per heavy atom. The van der Waals surface area contributed by atoms with Crippen molar-refractivity contribution in [2.45, 2.75) is 25.5 Å². The van der Waals surface area contributed by atoms with E-state index in [-0.39, 0.29) is 24.2 Å². The molecule has 0 saturated carbocycles. The molecule has 1 aliphatic rings. The topological polar surface area (TPSA) is 88.1 Å². The Hall–Kier alpha value is -3.13. The van der Waals surface area contributed by atoms with Crippen molar-refractivity contribution < 1.29 is 19.1 Å². The molecule has 156 valence electrons.